The Morgan fingerprint density at radius 3 is 2.48 bits per heavy atom. The van der Waals surface area contributed by atoms with E-state index < -0.39 is 51.4 Å². The van der Waals surface area contributed by atoms with Crippen LogP contribution >= 0.6 is 15.9 Å². The minimum atomic E-state index is -3.36. The number of nitrogens with two attached hydrogens (primary N) is 1. The Hall–Kier alpha value is -2.83. The molecule has 2 aromatic carbocycles. The van der Waals surface area contributed by atoms with Crippen molar-refractivity contribution in [3.8, 4) is 17.0 Å². The van der Waals surface area contributed by atoms with Gasteiger partial charge in [-0.15, -0.1) is 0 Å². The lowest BCUT2D eigenvalue weighted by Gasteiger charge is -2.11. The summed E-state index contributed by atoms with van der Waals surface area (Å²) in [7, 11) is -3.36. The number of hydrogen-bond acceptors (Lipinski definition) is 7. The zero-order chi connectivity index (χ0) is 22.9. The molecule has 0 aliphatic rings. The number of carbonyl (C=O) groups is 1. The highest BCUT2D eigenvalue weighted by Crippen LogP contribution is 2.32. The first-order valence-corrected chi connectivity index (χ1v) is 11.2. The van der Waals surface area contributed by atoms with Crippen LogP contribution in [0.15, 0.2) is 50.4 Å². The van der Waals surface area contributed by atoms with E-state index in [9.17, 15) is 27.1 Å². The highest BCUT2D eigenvalue weighted by molar-refractivity contribution is 9.10. The van der Waals surface area contributed by atoms with E-state index in [1.54, 1.807) is 0 Å². The van der Waals surface area contributed by atoms with Crippen LogP contribution in [-0.2, 0) is 9.84 Å². The third-order valence-electron chi connectivity index (χ3n) is 4.14. The molecule has 1 aromatic heterocycles. The van der Waals surface area contributed by atoms with Gasteiger partial charge in [-0.25, -0.2) is 22.2 Å². The lowest BCUT2D eigenvalue weighted by molar-refractivity contribution is 0.0811. The molecule has 12 heteroatoms. The van der Waals surface area contributed by atoms with Gasteiger partial charge in [0.25, 0.3) is 5.91 Å². The van der Waals surface area contributed by atoms with Gasteiger partial charge in [0.15, 0.2) is 32.2 Å². The van der Waals surface area contributed by atoms with Gasteiger partial charge in [-0.3, -0.25) is 4.79 Å². The van der Waals surface area contributed by atoms with E-state index in [-0.39, 0.29) is 21.1 Å². The van der Waals surface area contributed by atoms with Gasteiger partial charge in [-0.05, 0) is 40.2 Å². The van der Waals surface area contributed by atoms with Gasteiger partial charge in [0, 0.05) is 11.8 Å². The molecule has 0 fully saturated rings. The molecule has 0 aliphatic carbocycles. The summed E-state index contributed by atoms with van der Waals surface area (Å²) in [4.78, 5) is 15.5. The van der Waals surface area contributed by atoms with Crippen molar-refractivity contribution in [3.05, 3.63) is 64.2 Å². The summed E-state index contributed by atoms with van der Waals surface area (Å²) in [6.07, 6.45) is -0.361. The third kappa shape index (κ3) is 4.92. The molecule has 0 saturated carbocycles. The van der Waals surface area contributed by atoms with Crippen molar-refractivity contribution in [1.82, 2.24) is 4.98 Å². The zero-order valence-corrected chi connectivity index (χ0v) is 18.2. The number of amides is 1. The van der Waals surface area contributed by atoms with Crippen molar-refractivity contribution >= 4 is 31.7 Å². The molecule has 164 valence electrons. The number of hydrogen-bond donors (Lipinski definition) is 2. The predicted molar refractivity (Wildman–Crippen MR) is 108 cm³/mol. The SMILES string of the molecule is CS(=O)(=O)c1ccc(-c2nc(C(O)COc3ccc(F)c(C(N)=O)c3F)oc2Br)cc1. The van der Waals surface area contributed by atoms with Crippen molar-refractivity contribution < 1.29 is 36.3 Å². The highest BCUT2D eigenvalue weighted by Gasteiger charge is 2.23. The van der Waals surface area contributed by atoms with E-state index in [1.165, 1.54) is 24.3 Å². The minimum Gasteiger partial charge on any atom is -0.487 e. The van der Waals surface area contributed by atoms with E-state index in [1.807, 2.05) is 0 Å². The highest BCUT2D eigenvalue weighted by atomic mass is 79.9. The van der Waals surface area contributed by atoms with Crippen LogP contribution in [0, 0.1) is 11.6 Å². The van der Waals surface area contributed by atoms with Crippen molar-refractivity contribution in [2.45, 2.75) is 11.0 Å². The number of carbonyl (C=O) groups excluding carboxylic acids is 1. The van der Waals surface area contributed by atoms with Gasteiger partial charge < -0.3 is 20.0 Å². The van der Waals surface area contributed by atoms with E-state index in [0.717, 1.165) is 18.4 Å². The summed E-state index contributed by atoms with van der Waals surface area (Å²) in [5.41, 5.74) is 4.80. The summed E-state index contributed by atoms with van der Waals surface area (Å²) < 4.78 is 61.5. The van der Waals surface area contributed by atoms with Crippen molar-refractivity contribution in [2.24, 2.45) is 5.73 Å². The summed E-state index contributed by atoms with van der Waals surface area (Å²) in [5.74, 6) is -4.40. The molecular weight excluding hydrogens is 502 g/mol. The van der Waals surface area contributed by atoms with Gasteiger partial charge >= 0.3 is 0 Å². The fraction of sp³-hybridized carbons (Fsp3) is 0.158. The number of aliphatic hydroxyl groups is 1. The molecular formula is C19H15BrF2N2O6S. The molecule has 8 nitrogen and oxygen atoms in total. The molecule has 1 unspecified atom stereocenters. The van der Waals surface area contributed by atoms with E-state index >= 15 is 0 Å². The summed E-state index contributed by atoms with van der Waals surface area (Å²) in [6, 6.07) is 7.60. The predicted octanol–water partition coefficient (Wildman–Crippen LogP) is 3.00. The second-order valence-corrected chi connectivity index (χ2v) is 9.13. The molecule has 3 aromatic rings. The van der Waals surface area contributed by atoms with Gasteiger partial charge in [0.2, 0.25) is 5.89 Å². The summed E-state index contributed by atoms with van der Waals surface area (Å²) >= 11 is 3.17. The number of nitrogens with zero attached hydrogens (tertiary/aromatic N) is 1. The molecule has 0 saturated heterocycles. The molecule has 0 bridgehead atoms. The van der Waals surface area contributed by atoms with Gasteiger partial charge in [-0.2, -0.15) is 0 Å². The van der Waals surface area contributed by atoms with Crippen molar-refractivity contribution in [3.63, 3.8) is 0 Å². The fourth-order valence-corrected chi connectivity index (χ4v) is 3.72. The summed E-state index contributed by atoms with van der Waals surface area (Å²) in [6.45, 7) is -0.528. The Kier molecular flexibility index (Phi) is 6.43. The Bertz CT molecular complexity index is 1250. The van der Waals surface area contributed by atoms with Crippen LogP contribution in [0.25, 0.3) is 11.3 Å². The van der Waals surface area contributed by atoms with Crippen LogP contribution in [0.2, 0.25) is 0 Å². The van der Waals surface area contributed by atoms with Crippen LogP contribution in [0.3, 0.4) is 0 Å². The van der Waals surface area contributed by atoms with E-state index in [4.69, 9.17) is 14.9 Å². The maximum atomic E-state index is 14.2. The number of aromatic nitrogens is 1. The van der Waals surface area contributed by atoms with E-state index in [2.05, 4.69) is 20.9 Å². The second-order valence-electron chi connectivity index (χ2n) is 6.40. The first-order chi connectivity index (χ1) is 14.5. The average Bonchev–Trinajstić information content (AvgIpc) is 3.08. The molecule has 3 rings (SSSR count). The Morgan fingerprint density at radius 2 is 1.90 bits per heavy atom. The van der Waals surface area contributed by atoms with Crippen LogP contribution < -0.4 is 10.5 Å². The van der Waals surface area contributed by atoms with Gasteiger partial charge in [0.1, 0.15) is 23.7 Å². The number of rotatable bonds is 7. The number of primary amides is 1. The third-order valence-corrected chi connectivity index (χ3v) is 5.81. The minimum absolute atomic E-state index is 0.126. The Labute approximate surface area is 183 Å². The molecule has 1 amide bonds. The lowest BCUT2D eigenvalue weighted by atomic mass is 10.1. The zero-order valence-electron chi connectivity index (χ0n) is 15.8. The number of sulfone groups is 1. The van der Waals surface area contributed by atoms with Crippen LogP contribution in [-0.4, -0.2) is 37.3 Å². The first kappa shape index (κ1) is 22.8. The molecule has 1 heterocycles. The fourth-order valence-electron chi connectivity index (χ4n) is 2.61. The van der Waals surface area contributed by atoms with E-state index in [0.29, 0.717) is 5.56 Å². The normalized spacial score (nSPS) is 12.5. The standard InChI is InChI=1S/C19H15BrF2N2O6S/c1-31(27,28)10-4-2-9(3-5-10)16-17(20)30-19(24-16)12(25)8-29-13-7-6-11(21)14(15(13)22)18(23)26/h2-7,12,25H,8H2,1H3,(H2,23,26). The lowest BCUT2D eigenvalue weighted by Crippen LogP contribution is -2.17. The number of halogens is 3. The molecule has 0 aliphatic heterocycles. The van der Waals surface area contributed by atoms with Gasteiger partial charge in [0.05, 0.1) is 4.90 Å². The second kappa shape index (κ2) is 8.73. The Balaban J connectivity index is 1.78. The first-order valence-electron chi connectivity index (χ1n) is 8.54. The number of aliphatic hydroxyl groups excluding tert-OH is 1. The summed E-state index contributed by atoms with van der Waals surface area (Å²) in [5, 5.41) is 10.3. The van der Waals surface area contributed by atoms with Crippen molar-refractivity contribution in [2.75, 3.05) is 12.9 Å². The monoisotopic (exact) mass is 516 g/mol. The molecule has 31 heavy (non-hydrogen) atoms. The van der Waals surface area contributed by atoms with Crippen molar-refractivity contribution in [1.29, 1.82) is 0 Å². The number of ether oxygens (including phenoxy) is 1. The largest absolute Gasteiger partial charge is 0.487 e. The maximum Gasteiger partial charge on any atom is 0.254 e. The smallest absolute Gasteiger partial charge is 0.254 e. The quantitative estimate of drug-likeness (QED) is 0.493. The Morgan fingerprint density at radius 1 is 1.26 bits per heavy atom. The van der Waals surface area contributed by atoms with Gasteiger partial charge in [-0.1, -0.05) is 12.1 Å². The number of oxazole rings is 1. The molecule has 3 N–H and O–H groups in total. The van der Waals surface area contributed by atoms with Crippen LogP contribution in [0.4, 0.5) is 8.78 Å². The molecule has 0 spiro atoms. The number of benzene rings is 2. The molecule has 0 radical (unpaired) electrons. The molecule has 1 atom stereocenters. The average molecular weight is 517 g/mol. The maximum absolute atomic E-state index is 14.2. The topological polar surface area (TPSA) is 133 Å². The van der Waals surface area contributed by atoms with Crippen LogP contribution in [0.5, 0.6) is 5.75 Å². The van der Waals surface area contributed by atoms with Crippen LogP contribution in [0.1, 0.15) is 22.4 Å².